The van der Waals surface area contributed by atoms with Gasteiger partial charge in [0, 0.05) is 17.0 Å². The van der Waals surface area contributed by atoms with Gasteiger partial charge in [-0.1, -0.05) is 60.7 Å². The summed E-state index contributed by atoms with van der Waals surface area (Å²) in [6.07, 6.45) is 0. The summed E-state index contributed by atoms with van der Waals surface area (Å²) in [7, 11) is 0. The molecule has 0 spiro atoms. The zero-order valence-corrected chi connectivity index (χ0v) is 19.2. The predicted molar refractivity (Wildman–Crippen MR) is 133 cm³/mol. The molecule has 5 aromatic rings. The normalized spacial score (nSPS) is 11.0. The van der Waals surface area contributed by atoms with Crippen LogP contribution in [-0.2, 0) is 4.79 Å². The number of rotatable bonds is 6. The zero-order valence-electron chi connectivity index (χ0n) is 18.4. The molecule has 5 rings (SSSR count). The number of anilines is 1. The standard InChI is InChI=1S/C27H21FN4OS/c1-18-16-24(32(31-18)27-29-23(17-34-27)19-12-14-22(28)15-13-19)30-26(33)25(20-8-4-2-5-9-20)21-10-6-3-7-11-21/h2-17,25H,1H3,(H,30,33). The minimum Gasteiger partial charge on any atom is -0.310 e. The second kappa shape index (κ2) is 9.41. The number of aryl methyl sites for hydroxylation is 1. The molecule has 3 aromatic carbocycles. The quantitative estimate of drug-likeness (QED) is 0.322. The second-order valence-corrected chi connectivity index (χ2v) is 8.69. The Balaban J connectivity index is 1.46. The van der Waals surface area contributed by atoms with Gasteiger partial charge >= 0.3 is 0 Å². The summed E-state index contributed by atoms with van der Waals surface area (Å²) in [6.45, 7) is 1.87. The molecule has 0 unspecified atom stereocenters. The maximum absolute atomic E-state index is 13.6. The van der Waals surface area contributed by atoms with Crippen molar-refractivity contribution in [2.75, 3.05) is 5.32 Å². The summed E-state index contributed by atoms with van der Waals surface area (Å²) in [6, 6.07) is 27.4. The number of benzene rings is 3. The summed E-state index contributed by atoms with van der Waals surface area (Å²) in [5.41, 5.74) is 4.09. The maximum Gasteiger partial charge on any atom is 0.237 e. The van der Waals surface area contributed by atoms with E-state index in [1.807, 2.05) is 79.0 Å². The molecule has 0 saturated carbocycles. The lowest BCUT2D eigenvalue weighted by Crippen LogP contribution is -2.23. The molecule has 1 N–H and O–H groups in total. The first-order valence-electron chi connectivity index (χ1n) is 10.8. The van der Waals surface area contributed by atoms with Gasteiger partial charge in [0.05, 0.1) is 17.3 Å². The van der Waals surface area contributed by atoms with Gasteiger partial charge in [-0.05, 0) is 42.3 Å². The Morgan fingerprint density at radius 1 is 0.941 bits per heavy atom. The van der Waals surface area contributed by atoms with Crippen molar-refractivity contribution in [2.24, 2.45) is 0 Å². The van der Waals surface area contributed by atoms with Crippen LogP contribution in [0.15, 0.2) is 96.4 Å². The third kappa shape index (κ3) is 4.51. The van der Waals surface area contributed by atoms with Gasteiger partial charge in [-0.25, -0.2) is 9.37 Å². The van der Waals surface area contributed by atoms with Crippen molar-refractivity contribution in [1.29, 1.82) is 0 Å². The van der Waals surface area contributed by atoms with Crippen LogP contribution in [0.2, 0.25) is 0 Å². The summed E-state index contributed by atoms with van der Waals surface area (Å²) in [4.78, 5) is 18.2. The monoisotopic (exact) mass is 468 g/mol. The van der Waals surface area contributed by atoms with E-state index in [9.17, 15) is 9.18 Å². The van der Waals surface area contributed by atoms with Gasteiger partial charge in [-0.2, -0.15) is 9.78 Å². The zero-order chi connectivity index (χ0) is 23.5. The Morgan fingerprint density at radius 2 is 1.56 bits per heavy atom. The Labute approximate surface area is 200 Å². The van der Waals surface area contributed by atoms with Crippen LogP contribution in [-0.4, -0.2) is 20.7 Å². The number of hydrogen-bond donors (Lipinski definition) is 1. The third-order valence-corrected chi connectivity index (χ3v) is 6.24. The Bertz CT molecular complexity index is 1370. The van der Waals surface area contributed by atoms with Gasteiger partial charge in [0.2, 0.25) is 11.0 Å². The van der Waals surface area contributed by atoms with E-state index in [4.69, 9.17) is 0 Å². The summed E-state index contributed by atoms with van der Waals surface area (Å²) < 4.78 is 14.9. The maximum atomic E-state index is 13.6. The van der Waals surface area contributed by atoms with E-state index in [0.717, 1.165) is 28.1 Å². The van der Waals surface area contributed by atoms with E-state index in [-0.39, 0.29) is 11.7 Å². The van der Waals surface area contributed by atoms with Crippen LogP contribution < -0.4 is 5.32 Å². The number of amides is 1. The van der Waals surface area contributed by atoms with E-state index >= 15 is 0 Å². The molecule has 0 atom stereocenters. The van der Waals surface area contributed by atoms with Crippen molar-refractivity contribution in [2.45, 2.75) is 12.8 Å². The molecular formula is C27H21FN4OS. The fraction of sp³-hybridized carbons (Fsp3) is 0.0741. The Morgan fingerprint density at radius 3 is 2.18 bits per heavy atom. The molecule has 34 heavy (non-hydrogen) atoms. The van der Waals surface area contributed by atoms with Crippen LogP contribution >= 0.6 is 11.3 Å². The molecule has 2 aromatic heterocycles. The predicted octanol–water partition coefficient (Wildman–Crippen LogP) is 6.21. The van der Waals surface area contributed by atoms with E-state index < -0.39 is 5.92 Å². The van der Waals surface area contributed by atoms with Crippen molar-refractivity contribution in [3.63, 3.8) is 0 Å². The highest BCUT2D eigenvalue weighted by atomic mass is 32.1. The highest BCUT2D eigenvalue weighted by Gasteiger charge is 2.24. The number of thiazole rings is 1. The van der Waals surface area contributed by atoms with Crippen LogP contribution in [0.3, 0.4) is 0 Å². The molecule has 0 aliphatic carbocycles. The van der Waals surface area contributed by atoms with Crippen molar-refractivity contribution in [3.8, 4) is 16.4 Å². The van der Waals surface area contributed by atoms with Gasteiger partial charge in [0.1, 0.15) is 11.6 Å². The van der Waals surface area contributed by atoms with E-state index in [2.05, 4.69) is 15.4 Å². The van der Waals surface area contributed by atoms with Crippen molar-refractivity contribution >= 4 is 23.1 Å². The highest BCUT2D eigenvalue weighted by molar-refractivity contribution is 7.12. The molecule has 7 heteroatoms. The fourth-order valence-corrected chi connectivity index (χ4v) is 4.63. The number of carbonyl (C=O) groups is 1. The van der Waals surface area contributed by atoms with E-state index in [0.29, 0.717) is 10.9 Å². The van der Waals surface area contributed by atoms with E-state index in [1.54, 1.807) is 16.8 Å². The molecule has 0 saturated heterocycles. The van der Waals surface area contributed by atoms with Gasteiger partial charge in [0.25, 0.3) is 0 Å². The van der Waals surface area contributed by atoms with Crippen LogP contribution in [0.4, 0.5) is 10.2 Å². The number of nitrogens with one attached hydrogen (secondary N) is 1. The fourth-order valence-electron chi connectivity index (χ4n) is 3.83. The topological polar surface area (TPSA) is 59.8 Å². The Hall–Kier alpha value is -4.10. The lowest BCUT2D eigenvalue weighted by molar-refractivity contribution is -0.116. The number of carbonyl (C=O) groups excluding carboxylic acids is 1. The highest BCUT2D eigenvalue weighted by Crippen LogP contribution is 2.29. The SMILES string of the molecule is Cc1cc(NC(=O)C(c2ccccc2)c2ccccc2)n(-c2nc(-c3ccc(F)cc3)cs2)n1. The number of aromatic nitrogens is 3. The molecular weight excluding hydrogens is 447 g/mol. The Kier molecular flexibility index (Phi) is 6.01. The van der Waals surface area contributed by atoms with Crippen molar-refractivity contribution < 1.29 is 9.18 Å². The third-order valence-electron chi connectivity index (χ3n) is 5.42. The summed E-state index contributed by atoms with van der Waals surface area (Å²) in [5, 5.41) is 10.1. The van der Waals surface area contributed by atoms with Crippen LogP contribution in [0, 0.1) is 12.7 Å². The molecule has 0 aliphatic rings. The minimum atomic E-state index is -0.475. The lowest BCUT2D eigenvalue weighted by atomic mass is 9.90. The van der Waals surface area contributed by atoms with Crippen molar-refractivity contribution in [3.05, 3.63) is 119 Å². The van der Waals surface area contributed by atoms with Gasteiger partial charge < -0.3 is 5.32 Å². The molecule has 168 valence electrons. The molecule has 0 radical (unpaired) electrons. The molecule has 2 heterocycles. The average Bonchev–Trinajstić information content (AvgIpc) is 3.48. The number of hydrogen-bond acceptors (Lipinski definition) is 4. The van der Waals surface area contributed by atoms with Gasteiger partial charge in [-0.15, -0.1) is 11.3 Å². The minimum absolute atomic E-state index is 0.158. The van der Waals surface area contributed by atoms with Crippen LogP contribution in [0.25, 0.3) is 16.4 Å². The average molecular weight is 469 g/mol. The molecule has 0 fully saturated rings. The first-order chi connectivity index (χ1) is 16.6. The van der Waals surface area contributed by atoms with Crippen LogP contribution in [0.1, 0.15) is 22.7 Å². The molecule has 1 amide bonds. The largest absolute Gasteiger partial charge is 0.310 e. The first-order valence-corrected chi connectivity index (χ1v) is 11.7. The summed E-state index contributed by atoms with van der Waals surface area (Å²) in [5.74, 6) is -0.386. The number of nitrogens with zero attached hydrogens (tertiary/aromatic N) is 3. The van der Waals surface area contributed by atoms with Crippen molar-refractivity contribution in [1.82, 2.24) is 14.8 Å². The molecule has 5 nitrogen and oxygen atoms in total. The second-order valence-electron chi connectivity index (χ2n) is 7.85. The number of halogens is 1. The van der Waals surface area contributed by atoms with E-state index in [1.165, 1.54) is 23.5 Å². The first kappa shape index (κ1) is 21.7. The smallest absolute Gasteiger partial charge is 0.237 e. The van der Waals surface area contributed by atoms with Gasteiger partial charge in [0.15, 0.2) is 0 Å². The van der Waals surface area contributed by atoms with Crippen LogP contribution in [0.5, 0.6) is 0 Å². The van der Waals surface area contributed by atoms with Gasteiger partial charge in [-0.3, -0.25) is 4.79 Å². The lowest BCUT2D eigenvalue weighted by Gasteiger charge is -2.18. The molecule has 0 bridgehead atoms. The summed E-state index contributed by atoms with van der Waals surface area (Å²) >= 11 is 1.40. The molecule has 0 aliphatic heterocycles.